The van der Waals surface area contributed by atoms with E-state index in [0.717, 1.165) is 29.7 Å². The Morgan fingerprint density at radius 2 is 1.82 bits per heavy atom. The number of para-hydroxylation sites is 1. The highest BCUT2D eigenvalue weighted by atomic mass is 35.5. The number of hydrogen-bond donors (Lipinski definition) is 3. The van der Waals surface area contributed by atoms with Crippen molar-refractivity contribution >= 4 is 46.5 Å². The Labute approximate surface area is 201 Å². The molecule has 168 valence electrons. The number of amides is 3. The van der Waals surface area contributed by atoms with Crippen LogP contribution in [0, 0.1) is 0 Å². The summed E-state index contributed by atoms with van der Waals surface area (Å²) in [5, 5.41) is 18.2. The third kappa shape index (κ3) is 3.64. The van der Waals surface area contributed by atoms with Crippen molar-refractivity contribution in [3.8, 4) is 0 Å². The molecule has 8 heteroatoms. The molecule has 3 aromatic rings. The van der Waals surface area contributed by atoms with Gasteiger partial charge in [0.15, 0.2) is 0 Å². The summed E-state index contributed by atoms with van der Waals surface area (Å²) < 4.78 is 0. The number of benzene rings is 3. The molecule has 2 atom stereocenters. The maximum atomic E-state index is 13.8. The number of aryl methyl sites for hydroxylation is 1. The SMILES string of the molecule is O=C1Nc2ccccc2[C@@](O)(C(=O)N[C@H]2CCCc3ccccc32)N1c1ccc(Cl)c(Cl)c1. The van der Waals surface area contributed by atoms with Crippen molar-refractivity contribution < 1.29 is 14.7 Å². The van der Waals surface area contributed by atoms with Gasteiger partial charge in [-0.05, 0) is 54.7 Å². The topological polar surface area (TPSA) is 81.7 Å². The number of carbonyl (C=O) groups is 2. The highest BCUT2D eigenvalue weighted by Crippen LogP contribution is 2.42. The molecule has 5 rings (SSSR count). The molecule has 1 aliphatic carbocycles. The van der Waals surface area contributed by atoms with Gasteiger partial charge in [0.25, 0.3) is 11.6 Å². The summed E-state index contributed by atoms with van der Waals surface area (Å²) in [6.07, 6.45) is 2.58. The Morgan fingerprint density at radius 1 is 1.06 bits per heavy atom. The van der Waals surface area contributed by atoms with Crippen LogP contribution in [0.1, 0.15) is 35.6 Å². The normalized spacial score (nSPS) is 21.6. The number of anilines is 2. The predicted octanol–water partition coefficient (Wildman–Crippen LogP) is 5.38. The van der Waals surface area contributed by atoms with E-state index in [1.54, 1.807) is 24.3 Å². The third-order valence-corrected chi connectivity index (χ3v) is 6.96. The van der Waals surface area contributed by atoms with Crippen LogP contribution in [-0.4, -0.2) is 17.0 Å². The summed E-state index contributed by atoms with van der Waals surface area (Å²) in [5.41, 5.74) is 0.748. The van der Waals surface area contributed by atoms with Gasteiger partial charge in [-0.3, -0.25) is 9.69 Å². The van der Waals surface area contributed by atoms with Crippen molar-refractivity contribution in [2.75, 3.05) is 10.2 Å². The fourth-order valence-corrected chi connectivity index (χ4v) is 4.94. The number of nitrogens with zero attached hydrogens (tertiary/aromatic N) is 1. The Morgan fingerprint density at radius 3 is 2.64 bits per heavy atom. The minimum Gasteiger partial charge on any atom is -0.359 e. The van der Waals surface area contributed by atoms with Crippen LogP contribution in [0.15, 0.2) is 66.7 Å². The van der Waals surface area contributed by atoms with Crippen LogP contribution >= 0.6 is 23.2 Å². The van der Waals surface area contributed by atoms with E-state index in [0.29, 0.717) is 10.7 Å². The van der Waals surface area contributed by atoms with E-state index in [9.17, 15) is 14.7 Å². The smallest absolute Gasteiger partial charge is 0.329 e. The summed E-state index contributed by atoms with van der Waals surface area (Å²) in [4.78, 5) is 28.0. The highest BCUT2D eigenvalue weighted by Gasteiger charge is 2.52. The zero-order chi connectivity index (χ0) is 23.2. The van der Waals surface area contributed by atoms with Crippen molar-refractivity contribution in [3.63, 3.8) is 0 Å². The van der Waals surface area contributed by atoms with Gasteiger partial charge in [0, 0.05) is 5.56 Å². The van der Waals surface area contributed by atoms with E-state index in [-0.39, 0.29) is 22.3 Å². The lowest BCUT2D eigenvalue weighted by molar-refractivity contribution is -0.141. The maximum Gasteiger partial charge on any atom is 0.329 e. The second-order valence-corrected chi connectivity index (χ2v) is 9.01. The molecule has 0 bridgehead atoms. The van der Waals surface area contributed by atoms with Crippen LogP contribution in [0.2, 0.25) is 10.0 Å². The van der Waals surface area contributed by atoms with Gasteiger partial charge in [0.2, 0.25) is 0 Å². The first-order valence-corrected chi connectivity index (χ1v) is 11.4. The molecule has 0 fully saturated rings. The number of nitrogens with one attached hydrogen (secondary N) is 2. The lowest BCUT2D eigenvalue weighted by Gasteiger charge is -2.43. The predicted molar refractivity (Wildman–Crippen MR) is 129 cm³/mol. The molecule has 3 N–H and O–H groups in total. The van der Waals surface area contributed by atoms with Crippen LogP contribution in [0.4, 0.5) is 16.2 Å². The van der Waals surface area contributed by atoms with Crippen molar-refractivity contribution in [1.82, 2.24) is 5.32 Å². The van der Waals surface area contributed by atoms with E-state index in [4.69, 9.17) is 23.2 Å². The van der Waals surface area contributed by atoms with E-state index in [1.807, 2.05) is 24.3 Å². The Balaban J connectivity index is 1.60. The maximum absolute atomic E-state index is 13.8. The van der Waals surface area contributed by atoms with E-state index < -0.39 is 17.7 Å². The summed E-state index contributed by atoms with van der Waals surface area (Å²) >= 11 is 12.2. The van der Waals surface area contributed by atoms with Gasteiger partial charge >= 0.3 is 6.03 Å². The molecule has 0 saturated heterocycles. The van der Waals surface area contributed by atoms with Crippen molar-refractivity contribution in [1.29, 1.82) is 0 Å². The minimum absolute atomic E-state index is 0.199. The van der Waals surface area contributed by atoms with Crippen LogP contribution in [0.5, 0.6) is 0 Å². The first-order chi connectivity index (χ1) is 15.9. The molecule has 6 nitrogen and oxygen atoms in total. The van der Waals surface area contributed by atoms with Gasteiger partial charge in [-0.15, -0.1) is 0 Å². The standard InChI is InChI=1S/C25H21Cl2N3O3/c26-19-13-12-16(14-20(19)27)30-24(32)29-22-10-4-3-9-18(22)25(30,33)23(31)28-21-11-5-7-15-6-1-2-8-17(15)21/h1-4,6,8-10,12-14,21,33H,5,7,11H2,(H,28,31)(H,29,32)/t21-,25+/m0/s1. The summed E-state index contributed by atoms with van der Waals surface area (Å²) in [6, 6.07) is 18.2. The summed E-state index contributed by atoms with van der Waals surface area (Å²) in [6.45, 7) is 0. The third-order valence-electron chi connectivity index (χ3n) is 6.22. The lowest BCUT2D eigenvalue weighted by atomic mass is 9.87. The lowest BCUT2D eigenvalue weighted by Crippen LogP contribution is -2.63. The van der Waals surface area contributed by atoms with Crippen molar-refractivity contribution in [2.45, 2.75) is 31.0 Å². The van der Waals surface area contributed by atoms with Gasteiger partial charge in [-0.2, -0.15) is 0 Å². The Bertz CT molecular complexity index is 1270. The summed E-state index contributed by atoms with van der Waals surface area (Å²) in [5.74, 6) is -0.697. The van der Waals surface area contributed by atoms with Crippen molar-refractivity contribution in [3.05, 3.63) is 93.5 Å². The molecule has 0 unspecified atom stereocenters. The highest BCUT2D eigenvalue weighted by molar-refractivity contribution is 6.42. The number of rotatable bonds is 3. The van der Waals surface area contributed by atoms with E-state index >= 15 is 0 Å². The number of carbonyl (C=O) groups excluding carboxylic acids is 2. The van der Waals surface area contributed by atoms with E-state index in [1.165, 1.54) is 23.8 Å². The first-order valence-electron chi connectivity index (χ1n) is 10.7. The molecule has 3 aromatic carbocycles. The zero-order valence-electron chi connectivity index (χ0n) is 17.5. The van der Waals surface area contributed by atoms with Crippen LogP contribution in [0.3, 0.4) is 0 Å². The zero-order valence-corrected chi connectivity index (χ0v) is 19.0. The molecule has 2 aliphatic rings. The molecular formula is C25H21Cl2N3O3. The first kappa shape index (κ1) is 21.8. The van der Waals surface area contributed by atoms with Gasteiger partial charge in [0.05, 0.1) is 27.5 Å². The molecule has 0 spiro atoms. The molecule has 0 saturated carbocycles. The van der Waals surface area contributed by atoms with Crippen LogP contribution in [0.25, 0.3) is 0 Å². The summed E-state index contributed by atoms with van der Waals surface area (Å²) in [7, 11) is 0. The number of urea groups is 1. The largest absolute Gasteiger partial charge is 0.359 e. The van der Waals surface area contributed by atoms with Gasteiger partial charge in [-0.1, -0.05) is 65.7 Å². The average Bonchev–Trinajstić information content (AvgIpc) is 2.81. The quantitative estimate of drug-likeness (QED) is 0.469. The van der Waals surface area contributed by atoms with Crippen LogP contribution in [-0.2, 0) is 16.9 Å². The Hall–Kier alpha value is -3.06. The van der Waals surface area contributed by atoms with Crippen molar-refractivity contribution in [2.24, 2.45) is 0 Å². The molecule has 1 aliphatic heterocycles. The van der Waals surface area contributed by atoms with Gasteiger partial charge in [0.1, 0.15) is 0 Å². The number of hydrogen-bond acceptors (Lipinski definition) is 3. The monoisotopic (exact) mass is 481 g/mol. The van der Waals surface area contributed by atoms with Crippen LogP contribution < -0.4 is 15.5 Å². The molecule has 0 radical (unpaired) electrons. The Kier molecular flexibility index (Phi) is 5.52. The van der Waals surface area contributed by atoms with Gasteiger partial charge < -0.3 is 15.7 Å². The molecule has 3 amide bonds. The van der Waals surface area contributed by atoms with Gasteiger partial charge in [-0.25, -0.2) is 4.79 Å². The fourth-order valence-electron chi connectivity index (χ4n) is 4.65. The molecule has 1 heterocycles. The fraction of sp³-hybridized carbons (Fsp3) is 0.200. The molecule has 0 aromatic heterocycles. The second kappa shape index (κ2) is 8.37. The minimum atomic E-state index is -2.30. The average molecular weight is 482 g/mol. The number of halogens is 2. The molecular weight excluding hydrogens is 461 g/mol. The second-order valence-electron chi connectivity index (χ2n) is 8.20. The number of fused-ring (bicyclic) bond motifs is 2. The number of aliphatic hydroxyl groups is 1. The van der Waals surface area contributed by atoms with E-state index in [2.05, 4.69) is 10.6 Å². The molecule has 33 heavy (non-hydrogen) atoms.